The molecule has 0 bridgehead atoms. The Morgan fingerprint density at radius 2 is 1.96 bits per heavy atom. The Kier molecular flexibility index (Phi) is 4.61. The summed E-state index contributed by atoms with van der Waals surface area (Å²) in [6.45, 7) is -0.576. The molecule has 1 fully saturated rings. The summed E-state index contributed by atoms with van der Waals surface area (Å²) >= 11 is 0. The molecule has 3 N–H and O–H groups in total. The third-order valence-corrected chi connectivity index (χ3v) is 4.03. The predicted molar refractivity (Wildman–Crippen MR) is 82.5 cm³/mol. The van der Waals surface area contributed by atoms with E-state index in [1.807, 2.05) is 30.3 Å². The van der Waals surface area contributed by atoms with Gasteiger partial charge in [0.05, 0.1) is 6.61 Å². The highest BCUT2D eigenvalue weighted by atomic mass is 19.1. The van der Waals surface area contributed by atoms with Crippen molar-refractivity contribution in [2.45, 2.75) is 31.0 Å². The quantitative estimate of drug-likeness (QED) is 0.712. The highest BCUT2D eigenvalue weighted by molar-refractivity contribution is 5.22. The second-order valence-electron chi connectivity index (χ2n) is 5.67. The summed E-state index contributed by atoms with van der Waals surface area (Å²) in [5.41, 5.74) is -0.285. The number of aromatic amines is 1. The zero-order valence-electron chi connectivity index (χ0n) is 12.6. The lowest BCUT2D eigenvalue weighted by Gasteiger charge is -2.16. The molecule has 2 heterocycles. The first-order valence-corrected chi connectivity index (χ1v) is 7.48. The molecule has 1 aliphatic heterocycles. The van der Waals surface area contributed by atoms with E-state index in [-0.39, 0.29) is 12.0 Å². The maximum absolute atomic E-state index is 14.2. The molecule has 24 heavy (non-hydrogen) atoms. The van der Waals surface area contributed by atoms with Gasteiger partial charge < -0.3 is 14.9 Å². The highest BCUT2D eigenvalue weighted by Gasteiger charge is 2.45. The number of aliphatic hydroxyl groups excluding tert-OH is 2. The number of nitrogens with zero attached hydrogens (tertiary/aromatic N) is 1. The largest absolute Gasteiger partial charge is 0.394 e. The Hall–Kier alpha value is -2.29. The molecule has 0 aliphatic carbocycles. The molecular formula is C16H17FN2O5. The molecule has 1 aromatic heterocycles. The third kappa shape index (κ3) is 3.03. The molecule has 128 valence electrons. The van der Waals surface area contributed by atoms with Gasteiger partial charge in [0, 0.05) is 18.2 Å². The normalized spacial score (nSPS) is 26.6. The Morgan fingerprint density at radius 3 is 2.58 bits per heavy atom. The van der Waals surface area contributed by atoms with Gasteiger partial charge in [-0.3, -0.25) is 14.3 Å². The molecule has 8 heteroatoms. The van der Waals surface area contributed by atoms with Gasteiger partial charge in [-0.05, 0) is 5.56 Å². The van der Waals surface area contributed by atoms with Crippen molar-refractivity contribution in [3.05, 3.63) is 68.5 Å². The summed E-state index contributed by atoms with van der Waals surface area (Å²) < 4.78 is 20.3. The van der Waals surface area contributed by atoms with E-state index in [2.05, 4.69) is 4.98 Å². The zero-order valence-corrected chi connectivity index (χ0v) is 12.6. The molecule has 0 saturated carbocycles. The number of nitrogens with one attached hydrogen (secondary N) is 1. The predicted octanol–water partition coefficient (Wildman–Crippen LogP) is -0.284. The van der Waals surface area contributed by atoms with Gasteiger partial charge in [0.25, 0.3) is 5.56 Å². The van der Waals surface area contributed by atoms with E-state index in [0.717, 1.165) is 10.1 Å². The molecule has 1 aromatic carbocycles. The van der Waals surface area contributed by atoms with E-state index in [1.54, 1.807) is 0 Å². The molecule has 0 spiro atoms. The van der Waals surface area contributed by atoms with Gasteiger partial charge >= 0.3 is 5.69 Å². The summed E-state index contributed by atoms with van der Waals surface area (Å²) in [6.07, 6.45) is -4.48. The summed E-state index contributed by atoms with van der Waals surface area (Å²) in [6, 6.07) is 9.12. The van der Waals surface area contributed by atoms with Gasteiger partial charge in [-0.25, -0.2) is 9.18 Å². The van der Waals surface area contributed by atoms with Crippen molar-refractivity contribution in [2.75, 3.05) is 6.61 Å². The molecule has 0 radical (unpaired) electrons. The minimum atomic E-state index is -1.89. The van der Waals surface area contributed by atoms with Crippen LogP contribution in [0.15, 0.2) is 46.1 Å². The van der Waals surface area contributed by atoms with Crippen LogP contribution in [0.2, 0.25) is 0 Å². The fourth-order valence-corrected chi connectivity index (χ4v) is 2.74. The molecule has 2 aromatic rings. The average molecular weight is 336 g/mol. The number of ether oxygens (including phenoxy) is 1. The maximum Gasteiger partial charge on any atom is 0.330 e. The van der Waals surface area contributed by atoms with Crippen LogP contribution in [0.3, 0.4) is 0 Å². The molecule has 7 nitrogen and oxygen atoms in total. The smallest absolute Gasteiger partial charge is 0.330 e. The monoisotopic (exact) mass is 336 g/mol. The molecule has 0 unspecified atom stereocenters. The number of H-pyrrole nitrogens is 1. The fraction of sp³-hybridized carbons (Fsp3) is 0.375. The molecule has 4 atom stereocenters. The average Bonchev–Trinajstić information content (AvgIpc) is 2.86. The van der Waals surface area contributed by atoms with Crippen LogP contribution in [0, 0.1) is 0 Å². The number of aromatic nitrogens is 2. The Balaban J connectivity index is 1.96. The van der Waals surface area contributed by atoms with Gasteiger partial charge in [-0.1, -0.05) is 30.3 Å². The van der Waals surface area contributed by atoms with Gasteiger partial charge in [0.1, 0.15) is 12.2 Å². The number of rotatable bonds is 4. The lowest BCUT2D eigenvalue weighted by molar-refractivity contribution is -0.0492. The van der Waals surface area contributed by atoms with Crippen LogP contribution >= 0.6 is 0 Å². The Bertz CT molecular complexity index is 819. The van der Waals surface area contributed by atoms with E-state index in [4.69, 9.17) is 9.84 Å². The SMILES string of the molecule is O=c1[nH]c(=O)n([C@@H]2O[C@H](CO)[C@@H](O)[C@@H]2F)cc1Cc1ccccc1. The van der Waals surface area contributed by atoms with Crippen LogP contribution < -0.4 is 11.2 Å². The number of halogens is 1. The molecule has 1 saturated heterocycles. The van der Waals surface area contributed by atoms with Crippen molar-refractivity contribution in [1.82, 2.24) is 9.55 Å². The molecule has 0 amide bonds. The maximum atomic E-state index is 14.2. The van der Waals surface area contributed by atoms with Crippen molar-refractivity contribution in [3.63, 3.8) is 0 Å². The second-order valence-corrected chi connectivity index (χ2v) is 5.67. The van der Waals surface area contributed by atoms with E-state index in [0.29, 0.717) is 0 Å². The third-order valence-electron chi connectivity index (χ3n) is 4.03. The van der Waals surface area contributed by atoms with Crippen molar-refractivity contribution < 1.29 is 19.3 Å². The number of hydrogen-bond acceptors (Lipinski definition) is 5. The standard InChI is InChI=1S/C16H17FN2O5/c17-12-13(21)11(8-20)24-15(12)19-7-10(14(22)18-16(19)23)6-9-4-2-1-3-5-9/h1-5,7,11-13,15,20-21H,6,8H2,(H,18,22,23)/t11-,12+,13-,15-/m1/s1. The van der Waals surface area contributed by atoms with Crippen LogP contribution in [0.1, 0.15) is 17.4 Å². The second kappa shape index (κ2) is 6.68. The van der Waals surface area contributed by atoms with Gasteiger partial charge in [-0.2, -0.15) is 0 Å². The van der Waals surface area contributed by atoms with Crippen LogP contribution in [0.25, 0.3) is 0 Å². The van der Waals surface area contributed by atoms with E-state index in [9.17, 15) is 19.1 Å². The summed E-state index contributed by atoms with van der Waals surface area (Å²) in [4.78, 5) is 26.1. The van der Waals surface area contributed by atoms with Crippen LogP contribution in [0.5, 0.6) is 0 Å². The summed E-state index contributed by atoms with van der Waals surface area (Å²) in [7, 11) is 0. The lowest BCUT2D eigenvalue weighted by atomic mass is 10.1. The highest BCUT2D eigenvalue weighted by Crippen LogP contribution is 2.30. The first-order chi connectivity index (χ1) is 11.5. The number of hydrogen-bond donors (Lipinski definition) is 3. The van der Waals surface area contributed by atoms with Crippen molar-refractivity contribution >= 4 is 0 Å². The van der Waals surface area contributed by atoms with E-state index < -0.39 is 42.5 Å². The molecule has 3 rings (SSSR count). The minimum Gasteiger partial charge on any atom is -0.394 e. The fourth-order valence-electron chi connectivity index (χ4n) is 2.74. The van der Waals surface area contributed by atoms with Crippen molar-refractivity contribution in [3.8, 4) is 0 Å². The first-order valence-electron chi connectivity index (χ1n) is 7.48. The van der Waals surface area contributed by atoms with Crippen LogP contribution in [-0.4, -0.2) is 44.8 Å². The topological polar surface area (TPSA) is 105 Å². The number of alkyl halides is 1. The van der Waals surface area contributed by atoms with Gasteiger partial charge in [-0.15, -0.1) is 0 Å². The number of aliphatic hydroxyl groups is 2. The Labute approximate surface area is 136 Å². The van der Waals surface area contributed by atoms with Crippen molar-refractivity contribution in [1.29, 1.82) is 0 Å². The van der Waals surface area contributed by atoms with Crippen molar-refractivity contribution in [2.24, 2.45) is 0 Å². The zero-order chi connectivity index (χ0) is 17.3. The first kappa shape index (κ1) is 16.6. The van der Waals surface area contributed by atoms with E-state index >= 15 is 0 Å². The van der Waals surface area contributed by atoms with Crippen LogP contribution in [0.4, 0.5) is 4.39 Å². The van der Waals surface area contributed by atoms with Crippen LogP contribution in [-0.2, 0) is 11.2 Å². The minimum absolute atomic E-state index is 0.256. The summed E-state index contributed by atoms with van der Waals surface area (Å²) in [5.74, 6) is 0. The van der Waals surface area contributed by atoms with E-state index in [1.165, 1.54) is 6.20 Å². The van der Waals surface area contributed by atoms with Gasteiger partial charge in [0.15, 0.2) is 12.4 Å². The lowest BCUT2D eigenvalue weighted by Crippen LogP contribution is -2.37. The summed E-state index contributed by atoms with van der Waals surface area (Å²) in [5, 5.41) is 18.8. The number of benzene rings is 1. The molecule has 1 aliphatic rings. The Morgan fingerprint density at radius 1 is 1.25 bits per heavy atom. The molecular weight excluding hydrogens is 319 g/mol. The van der Waals surface area contributed by atoms with Gasteiger partial charge in [0.2, 0.25) is 0 Å².